The van der Waals surface area contributed by atoms with Crippen LogP contribution in [0.5, 0.6) is 0 Å². The molecule has 0 aliphatic carbocycles. The van der Waals surface area contributed by atoms with Crippen LogP contribution in [0.25, 0.3) is 0 Å². The predicted octanol–water partition coefficient (Wildman–Crippen LogP) is 1.81. The number of amides is 1. The zero-order chi connectivity index (χ0) is 14.7. The second-order valence-electron chi connectivity index (χ2n) is 5.23. The van der Waals surface area contributed by atoms with Crippen LogP contribution in [0.15, 0.2) is 24.3 Å². The summed E-state index contributed by atoms with van der Waals surface area (Å²) in [5.74, 6) is -1.62. The van der Waals surface area contributed by atoms with Gasteiger partial charge in [-0.3, -0.25) is 4.79 Å². The summed E-state index contributed by atoms with van der Waals surface area (Å²) in [6, 6.07) is 6.78. The molecular weight excluding hydrogens is 256 g/mol. The van der Waals surface area contributed by atoms with Gasteiger partial charge in [-0.15, -0.1) is 0 Å². The number of rotatable bonds is 5. The van der Waals surface area contributed by atoms with Crippen molar-refractivity contribution in [1.82, 2.24) is 5.32 Å². The summed E-state index contributed by atoms with van der Waals surface area (Å²) >= 11 is 0. The largest absolute Gasteiger partial charge is 0.480 e. The predicted molar refractivity (Wildman–Crippen MR) is 76.7 cm³/mol. The molecule has 20 heavy (non-hydrogen) atoms. The summed E-state index contributed by atoms with van der Waals surface area (Å²) in [4.78, 5) is 23.6. The molecule has 2 unspecified atom stereocenters. The highest BCUT2D eigenvalue weighted by Crippen LogP contribution is 2.31. The van der Waals surface area contributed by atoms with Crippen molar-refractivity contribution in [1.29, 1.82) is 0 Å². The second-order valence-corrected chi connectivity index (χ2v) is 5.23. The lowest BCUT2D eigenvalue weighted by atomic mass is 9.96. The number of fused-ring (bicyclic) bond motifs is 1. The van der Waals surface area contributed by atoms with Gasteiger partial charge in [0.25, 0.3) is 0 Å². The van der Waals surface area contributed by atoms with Gasteiger partial charge in [-0.2, -0.15) is 0 Å². The second kappa shape index (κ2) is 5.94. The summed E-state index contributed by atoms with van der Waals surface area (Å²) in [5, 5.41) is 15.1. The maximum Gasteiger partial charge on any atom is 0.326 e. The van der Waals surface area contributed by atoms with E-state index in [1.807, 2.05) is 38.1 Å². The first-order chi connectivity index (χ1) is 9.54. The first kappa shape index (κ1) is 14.4. The molecule has 1 aromatic carbocycles. The van der Waals surface area contributed by atoms with Crippen molar-refractivity contribution in [3.8, 4) is 0 Å². The van der Waals surface area contributed by atoms with E-state index >= 15 is 0 Å². The molecule has 0 bridgehead atoms. The lowest BCUT2D eigenvalue weighted by molar-refractivity contribution is -0.143. The Labute approximate surface area is 118 Å². The molecule has 1 heterocycles. The van der Waals surface area contributed by atoms with E-state index < -0.39 is 12.0 Å². The van der Waals surface area contributed by atoms with Crippen molar-refractivity contribution in [2.75, 3.05) is 11.9 Å². The fourth-order valence-corrected chi connectivity index (χ4v) is 2.45. The van der Waals surface area contributed by atoms with Gasteiger partial charge in [-0.1, -0.05) is 38.5 Å². The van der Waals surface area contributed by atoms with Crippen molar-refractivity contribution < 1.29 is 14.7 Å². The number of aliphatic carboxylic acids is 1. The summed E-state index contributed by atoms with van der Waals surface area (Å²) in [6.07, 6.45) is 0.705. The zero-order valence-corrected chi connectivity index (χ0v) is 11.7. The number of nitrogens with one attached hydrogen (secondary N) is 2. The number of hydrogen-bond donors (Lipinski definition) is 3. The quantitative estimate of drug-likeness (QED) is 0.766. The van der Waals surface area contributed by atoms with E-state index in [0.29, 0.717) is 13.0 Å². The molecule has 1 aromatic rings. The van der Waals surface area contributed by atoms with Crippen molar-refractivity contribution in [3.05, 3.63) is 29.8 Å². The van der Waals surface area contributed by atoms with Gasteiger partial charge in [0, 0.05) is 12.2 Å². The lowest BCUT2D eigenvalue weighted by Gasteiger charge is -2.22. The number of anilines is 1. The molecule has 0 radical (unpaired) electrons. The number of carboxylic acid groups (broad SMARTS) is 1. The molecule has 0 fully saturated rings. The molecule has 5 heteroatoms. The van der Waals surface area contributed by atoms with Crippen molar-refractivity contribution in [2.24, 2.45) is 5.92 Å². The van der Waals surface area contributed by atoms with Crippen molar-refractivity contribution >= 4 is 17.6 Å². The Bertz CT molecular complexity index is 516. The van der Waals surface area contributed by atoms with E-state index in [9.17, 15) is 14.7 Å². The van der Waals surface area contributed by atoms with Gasteiger partial charge in [0.15, 0.2) is 0 Å². The average molecular weight is 276 g/mol. The van der Waals surface area contributed by atoms with Crippen LogP contribution in [0, 0.1) is 5.92 Å². The zero-order valence-electron chi connectivity index (χ0n) is 11.7. The molecule has 0 aromatic heterocycles. The molecule has 5 nitrogen and oxygen atoms in total. The van der Waals surface area contributed by atoms with Gasteiger partial charge in [0.1, 0.15) is 6.04 Å². The number of para-hydroxylation sites is 1. The summed E-state index contributed by atoms with van der Waals surface area (Å²) in [6.45, 7) is 4.26. The molecule has 3 atom stereocenters. The third kappa shape index (κ3) is 2.76. The Morgan fingerprint density at radius 2 is 2.15 bits per heavy atom. The molecule has 3 N–H and O–H groups in total. The van der Waals surface area contributed by atoms with Crippen LogP contribution in [0.3, 0.4) is 0 Å². The van der Waals surface area contributed by atoms with Gasteiger partial charge < -0.3 is 15.7 Å². The van der Waals surface area contributed by atoms with Crippen LogP contribution in [0.2, 0.25) is 0 Å². The first-order valence-corrected chi connectivity index (χ1v) is 6.90. The standard InChI is InChI=1S/C15H20N2O3/c1-3-9(2)13(15(19)20)17-14(18)11-8-16-12-7-5-4-6-10(11)12/h4-7,9,11,13,16H,3,8H2,1-2H3,(H,17,18)(H,19,20)/t9?,11?,13-/m0/s1. The maximum atomic E-state index is 12.3. The van der Waals surface area contributed by atoms with Crippen LogP contribution in [-0.2, 0) is 9.59 Å². The van der Waals surface area contributed by atoms with E-state index in [1.165, 1.54) is 0 Å². The van der Waals surface area contributed by atoms with E-state index in [4.69, 9.17) is 0 Å². The highest BCUT2D eigenvalue weighted by molar-refractivity contribution is 5.91. The lowest BCUT2D eigenvalue weighted by Crippen LogP contribution is -2.47. The molecule has 108 valence electrons. The minimum absolute atomic E-state index is 0.0962. The van der Waals surface area contributed by atoms with Crippen LogP contribution in [0.4, 0.5) is 5.69 Å². The monoisotopic (exact) mass is 276 g/mol. The number of benzene rings is 1. The smallest absolute Gasteiger partial charge is 0.326 e. The van der Waals surface area contributed by atoms with Gasteiger partial charge in [0.05, 0.1) is 5.92 Å². The number of carbonyl (C=O) groups is 2. The van der Waals surface area contributed by atoms with E-state index in [2.05, 4.69) is 10.6 Å². The third-order valence-corrected chi connectivity index (χ3v) is 3.93. The van der Waals surface area contributed by atoms with Gasteiger partial charge >= 0.3 is 5.97 Å². The van der Waals surface area contributed by atoms with Crippen LogP contribution in [0.1, 0.15) is 31.7 Å². The van der Waals surface area contributed by atoms with Gasteiger partial charge in [-0.05, 0) is 17.5 Å². The molecule has 0 spiro atoms. The Morgan fingerprint density at radius 3 is 2.80 bits per heavy atom. The third-order valence-electron chi connectivity index (χ3n) is 3.93. The Kier molecular flexibility index (Phi) is 4.27. The Hall–Kier alpha value is -2.04. The van der Waals surface area contributed by atoms with Crippen molar-refractivity contribution in [3.63, 3.8) is 0 Å². The highest BCUT2D eigenvalue weighted by atomic mass is 16.4. The van der Waals surface area contributed by atoms with Crippen molar-refractivity contribution in [2.45, 2.75) is 32.2 Å². The minimum atomic E-state index is -0.980. The fraction of sp³-hybridized carbons (Fsp3) is 0.467. The number of hydrogen-bond acceptors (Lipinski definition) is 3. The molecule has 1 amide bonds. The Morgan fingerprint density at radius 1 is 1.45 bits per heavy atom. The van der Waals surface area contributed by atoms with Crippen LogP contribution < -0.4 is 10.6 Å². The fourth-order valence-electron chi connectivity index (χ4n) is 2.45. The first-order valence-electron chi connectivity index (χ1n) is 6.90. The molecule has 0 saturated heterocycles. The van der Waals surface area contributed by atoms with Gasteiger partial charge in [0.2, 0.25) is 5.91 Å². The Balaban J connectivity index is 2.11. The topological polar surface area (TPSA) is 78.4 Å². The van der Waals surface area contributed by atoms with E-state index in [-0.39, 0.29) is 17.7 Å². The SMILES string of the molecule is CCC(C)[C@H](NC(=O)C1CNc2ccccc21)C(=O)O. The summed E-state index contributed by atoms with van der Waals surface area (Å²) in [7, 11) is 0. The molecule has 1 aliphatic heterocycles. The van der Waals surface area contributed by atoms with Gasteiger partial charge in [-0.25, -0.2) is 4.79 Å². The summed E-state index contributed by atoms with van der Waals surface area (Å²) < 4.78 is 0. The molecular formula is C15H20N2O3. The van der Waals surface area contributed by atoms with Crippen LogP contribution >= 0.6 is 0 Å². The number of carbonyl (C=O) groups excluding carboxylic acids is 1. The molecule has 1 aliphatic rings. The minimum Gasteiger partial charge on any atom is -0.480 e. The summed E-state index contributed by atoms with van der Waals surface area (Å²) in [5.41, 5.74) is 1.88. The molecule has 0 saturated carbocycles. The van der Waals surface area contributed by atoms with E-state index in [1.54, 1.807) is 0 Å². The average Bonchev–Trinajstić information content (AvgIpc) is 2.87. The maximum absolute atomic E-state index is 12.3. The normalized spacial score (nSPS) is 19.6. The van der Waals surface area contributed by atoms with E-state index in [0.717, 1.165) is 11.3 Å². The van der Waals surface area contributed by atoms with Crippen LogP contribution in [-0.4, -0.2) is 29.6 Å². The number of carboxylic acids is 1. The highest BCUT2D eigenvalue weighted by Gasteiger charge is 2.32. The molecule has 2 rings (SSSR count).